The first-order valence-electron chi connectivity index (χ1n) is 11.7. The molecule has 2 fully saturated rings. The maximum atomic E-state index is 13.4. The number of aromatic nitrogens is 1. The molecule has 9 heteroatoms. The van der Waals surface area contributed by atoms with Gasteiger partial charge in [0.2, 0.25) is 5.91 Å². The molecule has 1 amide bonds. The monoisotopic (exact) mass is 486 g/mol. The number of hydrogen-bond acceptors (Lipinski definition) is 5. The lowest BCUT2D eigenvalue weighted by atomic mass is 9.71. The third-order valence-corrected chi connectivity index (χ3v) is 7.15. The number of nitrogens with zero attached hydrogens (tertiary/aromatic N) is 1. The summed E-state index contributed by atoms with van der Waals surface area (Å²) in [5, 5.41) is 17.7. The lowest BCUT2D eigenvalue weighted by Gasteiger charge is -2.44. The van der Waals surface area contributed by atoms with E-state index in [0.29, 0.717) is 12.1 Å². The molecule has 0 bridgehead atoms. The Kier molecular flexibility index (Phi) is 5.94. The van der Waals surface area contributed by atoms with E-state index in [1.54, 1.807) is 6.07 Å². The highest BCUT2D eigenvalue weighted by Crippen LogP contribution is 2.45. The van der Waals surface area contributed by atoms with E-state index in [9.17, 15) is 23.1 Å². The zero-order valence-corrected chi connectivity index (χ0v) is 18.8. The van der Waals surface area contributed by atoms with Crippen molar-refractivity contribution in [2.75, 3.05) is 0 Å². The fourth-order valence-electron chi connectivity index (χ4n) is 5.25. The number of carbonyl (C=O) groups is 1. The first-order chi connectivity index (χ1) is 16.8. The van der Waals surface area contributed by atoms with Crippen molar-refractivity contribution in [3.8, 4) is 22.8 Å². The Morgan fingerprint density at radius 1 is 1.09 bits per heavy atom. The van der Waals surface area contributed by atoms with Crippen LogP contribution >= 0.6 is 0 Å². The maximum absolute atomic E-state index is 13.4. The van der Waals surface area contributed by atoms with Crippen LogP contribution in [0.2, 0.25) is 0 Å². The van der Waals surface area contributed by atoms with Crippen molar-refractivity contribution < 1.29 is 32.3 Å². The quantitative estimate of drug-likeness (QED) is 0.445. The van der Waals surface area contributed by atoms with Crippen LogP contribution < -0.4 is 10.1 Å². The van der Waals surface area contributed by atoms with Gasteiger partial charge < -0.3 is 19.7 Å². The van der Waals surface area contributed by atoms with Gasteiger partial charge in [-0.05, 0) is 49.8 Å². The summed E-state index contributed by atoms with van der Waals surface area (Å²) < 4.78 is 47.2. The zero-order chi connectivity index (χ0) is 24.6. The summed E-state index contributed by atoms with van der Waals surface area (Å²) >= 11 is 0. The van der Waals surface area contributed by atoms with Crippen molar-refractivity contribution in [2.24, 2.45) is 5.92 Å². The largest absolute Gasteiger partial charge is 0.573 e. The van der Waals surface area contributed by atoms with E-state index >= 15 is 0 Å². The molecule has 0 radical (unpaired) electrons. The molecule has 2 atom stereocenters. The summed E-state index contributed by atoms with van der Waals surface area (Å²) in [6.07, 6.45) is 0.202. The molecular weight excluding hydrogens is 461 g/mol. The van der Waals surface area contributed by atoms with Crippen LogP contribution in [0.15, 0.2) is 59.1 Å². The highest BCUT2D eigenvalue weighted by molar-refractivity contribution is 5.81. The minimum Gasteiger partial charge on any atom is -0.504 e. The second-order valence-electron chi connectivity index (χ2n) is 9.25. The normalized spacial score (nSPS) is 21.3. The molecule has 184 valence electrons. The van der Waals surface area contributed by atoms with Crippen LogP contribution in [-0.4, -0.2) is 22.5 Å². The molecule has 2 N–H and O–H groups in total. The number of halogens is 3. The number of aromatic hydroxyl groups is 1. The fourth-order valence-corrected chi connectivity index (χ4v) is 5.25. The molecule has 1 aromatic heterocycles. The van der Waals surface area contributed by atoms with Gasteiger partial charge in [-0.2, -0.15) is 0 Å². The highest BCUT2D eigenvalue weighted by atomic mass is 19.4. The number of alkyl halides is 3. The lowest BCUT2D eigenvalue weighted by molar-refractivity contribution is -0.275. The Balaban J connectivity index is 1.35. The molecular formula is C26H25F3N2O4. The number of benzene rings is 2. The first-order valence-corrected chi connectivity index (χ1v) is 11.7. The van der Waals surface area contributed by atoms with Gasteiger partial charge in [0.1, 0.15) is 0 Å². The molecule has 1 heterocycles. The van der Waals surface area contributed by atoms with Gasteiger partial charge in [-0.1, -0.05) is 48.0 Å². The minimum atomic E-state index is -4.94. The van der Waals surface area contributed by atoms with Crippen molar-refractivity contribution in [1.82, 2.24) is 10.5 Å². The van der Waals surface area contributed by atoms with Gasteiger partial charge >= 0.3 is 6.36 Å². The number of ether oxygens (including phenoxy) is 1. The van der Waals surface area contributed by atoms with Gasteiger partial charge in [-0.15, -0.1) is 13.2 Å². The highest BCUT2D eigenvalue weighted by Gasteiger charge is 2.44. The SMILES string of the molecule is O=C(NC1(c2ccccc2)CCC1)[C@@H]1CCC[C@H]1c1cc(-c2cccc(OC(F)(F)F)c2O)on1. The van der Waals surface area contributed by atoms with E-state index in [0.717, 1.165) is 43.7 Å². The van der Waals surface area contributed by atoms with Crippen molar-refractivity contribution in [1.29, 1.82) is 0 Å². The summed E-state index contributed by atoms with van der Waals surface area (Å²) in [6, 6.07) is 15.3. The van der Waals surface area contributed by atoms with E-state index in [-0.39, 0.29) is 34.6 Å². The number of amides is 1. The second kappa shape index (κ2) is 8.94. The van der Waals surface area contributed by atoms with Crippen molar-refractivity contribution in [3.05, 3.63) is 65.9 Å². The first kappa shape index (κ1) is 23.3. The summed E-state index contributed by atoms with van der Waals surface area (Å²) in [5.41, 5.74) is 1.34. The number of phenols is 1. The molecule has 0 aliphatic heterocycles. The summed E-state index contributed by atoms with van der Waals surface area (Å²) in [7, 11) is 0. The van der Waals surface area contributed by atoms with Crippen LogP contribution in [0, 0.1) is 5.92 Å². The van der Waals surface area contributed by atoms with Crippen molar-refractivity contribution in [3.63, 3.8) is 0 Å². The predicted octanol–water partition coefficient (Wildman–Crippen LogP) is 6.03. The lowest BCUT2D eigenvalue weighted by Crippen LogP contribution is -2.52. The topological polar surface area (TPSA) is 84.6 Å². The average molecular weight is 486 g/mol. The number of hydrogen-bond donors (Lipinski definition) is 2. The van der Waals surface area contributed by atoms with Gasteiger partial charge in [0.25, 0.3) is 0 Å². The summed E-state index contributed by atoms with van der Waals surface area (Å²) in [4.78, 5) is 13.4. The third kappa shape index (κ3) is 4.59. The molecule has 2 aliphatic carbocycles. The van der Waals surface area contributed by atoms with Crippen LogP contribution in [0.25, 0.3) is 11.3 Å². The number of rotatable bonds is 6. The second-order valence-corrected chi connectivity index (χ2v) is 9.25. The molecule has 2 aliphatic rings. The van der Waals surface area contributed by atoms with Crippen LogP contribution in [0.3, 0.4) is 0 Å². The molecule has 0 saturated heterocycles. The Labute approximate surface area is 200 Å². The fraction of sp³-hybridized carbons (Fsp3) is 0.385. The summed E-state index contributed by atoms with van der Waals surface area (Å²) in [5.74, 6) is -1.81. The zero-order valence-electron chi connectivity index (χ0n) is 18.8. The van der Waals surface area contributed by atoms with E-state index in [1.807, 2.05) is 30.3 Å². The number of nitrogens with one attached hydrogen (secondary N) is 1. The van der Waals surface area contributed by atoms with E-state index < -0.39 is 17.9 Å². The Morgan fingerprint density at radius 2 is 1.86 bits per heavy atom. The Bertz CT molecular complexity index is 1200. The molecule has 0 spiro atoms. The van der Waals surface area contributed by atoms with Crippen LogP contribution in [0.1, 0.15) is 55.7 Å². The molecule has 35 heavy (non-hydrogen) atoms. The number of phenolic OH excluding ortho intramolecular Hbond substituents is 1. The smallest absolute Gasteiger partial charge is 0.504 e. The molecule has 2 aromatic carbocycles. The summed E-state index contributed by atoms with van der Waals surface area (Å²) in [6.45, 7) is 0. The van der Waals surface area contributed by atoms with E-state index in [1.165, 1.54) is 12.1 Å². The average Bonchev–Trinajstić information content (AvgIpc) is 3.47. The van der Waals surface area contributed by atoms with E-state index in [2.05, 4.69) is 15.2 Å². The molecule has 5 rings (SSSR count). The van der Waals surface area contributed by atoms with Gasteiger partial charge in [0, 0.05) is 17.9 Å². The van der Waals surface area contributed by atoms with Crippen LogP contribution in [0.5, 0.6) is 11.5 Å². The van der Waals surface area contributed by atoms with Gasteiger partial charge in [0.05, 0.1) is 16.8 Å². The number of carbonyl (C=O) groups excluding carboxylic acids is 1. The molecule has 0 unspecified atom stereocenters. The molecule has 3 aromatic rings. The molecule has 2 saturated carbocycles. The van der Waals surface area contributed by atoms with Gasteiger partial charge in [0.15, 0.2) is 17.3 Å². The van der Waals surface area contributed by atoms with Gasteiger partial charge in [-0.25, -0.2) is 0 Å². The standard InChI is InChI=1S/C26H25F3N2O4/c27-26(28,29)34-21-12-5-11-19(23(21)32)22-15-20(31-35-22)17-9-4-10-18(17)24(33)30-25(13-6-14-25)16-7-2-1-3-8-16/h1-3,5,7-8,11-12,15,17-18,32H,4,6,9-10,13-14H2,(H,30,33)/t17-,18-/m1/s1. The van der Waals surface area contributed by atoms with Crippen LogP contribution in [0.4, 0.5) is 13.2 Å². The van der Waals surface area contributed by atoms with Crippen molar-refractivity contribution in [2.45, 2.75) is 56.3 Å². The minimum absolute atomic E-state index is 0.0241. The van der Waals surface area contributed by atoms with Crippen molar-refractivity contribution >= 4 is 5.91 Å². The predicted molar refractivity (Wildman–Crippen MR) is 120 cm³/mol. The Morgan fingerprint density at radius 3 is 2.54 bits per heavy atom. The van der Waals surface area contributed by atoms with Crippen LogP contribution in [-0.2, 0) is 10.3 Å². The van der Waals surface area contributed by atoms with Gasteiger partial charge in [-0.3, -0.25) is 4.79 Å². The Hall–Kier alpha value is -3.49. The third-order valence-electron chi connectivity index (χ3n) is 7.15. The molecule has 6 nitrogen and oxygen atoms in total. The van der Waals surface area contributed by atoms with E-state index in [4.69, 9.17) is 4.52 Å². The maximum Gasteiger partial charge on any atom is 0.573 e. The number of para-hydroxylation sites is 1.